The Morgan fingerprint density at radius 3 is 2.29 bits per heavy atom. The second-order valence-corrected chi connectivity index (χ2v) is 22.1. The number of amides is 4. The first-order valence-electron chi connectivity index (χ1n) is 26.7. The summed E-state index contributed by atoms with van der Waals surface area (Å²) in [5.41, 5.74) is 7.39. The summed E-state index contributed by atoms with van der Waals surface area (Å²) >= 11 is 1.57. The molecule has 3 N–H and O–H groups in total. The number of piperidine rings is 1. The molecule has 0 unspecified atom stereocenters. The molecule has 414 valence electrons. The molecule has 21 heteroatoms. The van der Waals surface area contributed by atoms with Crippen LogP contribution < -0.4 is 10.6 Å². The molecule has 6 heterocycles. The van der Waals surface area contributed by atoms with E-state index in [4.69, 9.17) is 19.2 Å². The number of hydrogen-bond donors (Lipinski definition) is 3. The molecule has 0 aliphatic carbocycles. The van der Waals surface area contributed by atoms with E-state index in [1.54, 1.807) is 41.4 Å². The number of fused-ring (bicyclic) bond motifs is 1. The Bertz CT molecular complexity index is 3040. The molecule has 3 saturated heterocycles. The zero-order valence-electron chi connectivity index (χ0n) is 44.6. The normalized spacial score (nSPS) is 17.9. The number of benzene rings is 3. The zero-order chi connectivity index (χ0) is 54.9. The molecule has 18 nitrogen and oxygen atoms in total. The van der Waals surface area contributed by atoms with Gasteiger partial charge in [0.15, 0.2) is 0 Å². The van der Waals surface area contributed by atoms with Crippen LogP contribution in [0.25, 0.3) is 43.9 Å². The third kappa shape index (κ3) is 13.8. The van der Waals surface area contributed by atoms with E-state index in [9.17, 15) is 24.3 Å². The van der Waals surface area contributed by atoms with Crippen LogP contribution in [0, 0.1) is 24.0 Å². The highest BCUT2D eigenvalue weighted by atomic mass is 32.1. The summed E-state index contributed by atoms with van der Waals surface area (Å²) < 4.78 is 49.5. The van der Waals surface area contributed by atoms with E-state index in [1.165, 1.54) is 17.0 Å². The largest absolute Gasteiger partial charge is 0.391 e. The van der Waals surface area contributed by atoms with Gasteiger partial charge in [0.25, 0.3) is 0 Å². The summed E-state index contributed by atoms with van der Waals surface area (Å²) in [5.74, 6) is -2.45. The van der Waals surface area contributed by atoms with Gasteiger partial charge in [-0.05, 0) is 60.1 Å². The highest BCUT2D eigenvalue weighted by Gasteiger charge is 2.44. The number of carbonyl (C=O) groups excluding carboxylic acids is 4. The van der Waals surface area contributed by atoms with E-state index < -0.39 is 47.1 Å². The lowest BCUT2D eigenvalue weighted by Gasteiger charge is -2.35. The summed E-state index contributed by atoms with van der Waals surface area (Å²) in [4.78, 5) is 73.9. The number of aliphatic hydroxyl groups is 1. The number of aliphatic hydroxyl groups excluding tert-OH is 1. The number of thiazole rings is 1. The number of nitrogens with zero attached hydrogens (tertiary/aromatic N) is 8. The number of aromatic nitrogens is 5. The maximum Gasteiger partial charge on any atom is 0.246 e. The van der Waals surface area contributed by atoms with Crippen molar-refractivity contribution in [3.63, 3.8) is 0 Å². The smallest absolute Gasteiger partial charge is 0.246 e. The molecular formula is C57H68F2N10O8S. The van der Waals surface area contributed by atoms with Crippen LogP contribution in [0.3, 0.4) is 0 Å². The van der Waals surface area contributed by atoms with Crippen LogP contribution in [0.1, 0.15) is 75.7 Å². The lowest BCUT2D eigenvalue weighted by atomic mass is 9.85. The molecule has 9 rings (SSSR count). The Morgan fingerprint density at radius 1 is 0.885 bits per heavy atom. The van der Waals surface area contributed by atoms with Gasteiger partial charge in [0.1, 0.15) is 23.7 Å². The van der Waals surface area contributed by atoms with E-state index in [-0.39, 0.29) is 88.7 Å². The van der Waals surface area contributed by atoms with Crippen molar-refractivity contribution in [2.45, 2.75) is 97.1 Å². The molecule has 3 aliphatic heterocycles. The van der Waals surface area contributed by atoms with Gasteiger partial charge in [-0.2, -0.15) is 5.10 Å². The minimum absolute atomic E-state index is 0.0107. The second kappa shape index (κ2) is 25.4. The number of rotatable bonds is 20. The molecule has 4 amide bonds. The average Bonchev–Trinajstić information content (AvgIpc) is 4.33. The SMILES string of the molecule is Cc1ncsc1-c1ccc(CNC(=O)[C@@H]2C[C@@H](O)CN2C(=O)[C@@H](NC(=O)CCOCCOCCC(=O)N2CCC(n3cc(-c4cnc5cccc(-c6cc(F)c(CN7CCOCC7)c(F)c6)c5n4)cn3)CC2)C(C)(C)C)cc1. The number of hydrogen-bond acceptors (Lipinski definition) is 14. The van der Waals surface area contributed by atoms with Crippen LogP contribution in [0.15, 0.2) is 78.7 Å². The fourth-order valence-corrected chi connectivity index (χ4v) is 11.0. The number of para-hydroxylation sites is 1. The summed E-state index contributed by atoms with van der Waals surface area (Å²) in [7, 11) is 0. The second-order valence-electron chi connectivity index (χ2n) is 21.2. The number of halogens is 2. The lowest BCUT2D eigenvalue weighted by molar-refractivity contribution is -0.144. The highest BCUT2D eigenvalue weighted by molar-refractivity contribution is 7.13. The predicted molar refractivity (Wildman–Crippen MR) is 290 cm³/mol. The number of carbonyl (C=O) groups is 4. The number of morpholine rings is 1. The molecule has 3 aromatic heterocycles. The highest BCUT2D eigenvalue weighted by Crippen LogP contribution is 2.33. The van der Waals surface area contributed by atoms with E-state index in [1.807, 2.05) is 78.7 Å². The van der Waals surface area contributed by atoms with Crippen molar-refractivity contribution in [1.29, 1.82) is 0 Å². The van der Waals surface area contributed by atoms with E-state index in [2.05, 4.69) is 25.7 Å². The van der Waals surface area contributed by atoms with Gasteiger partial charge in [0.05, 0.1) is 103 Å². The van der Waals surface area contributed by atoms with Gasteiger partial charge in [-0.3, -0.25) is 33.7 Å². The van der Waals surface area contributed by atoms with Crippen molar-refractivity contribution >= 4 is 46.0 Å². The molecule has 0 radical (unpaired) electrons. The maximum atomic E-state index is 15.5. The molecule has 0 spiro atoms. The van der Waals surface area contributed by atoms with Gasteiger partial charge >= 0.3 is 0 Å². The zero-order valence-corrected chi connectivity index (χ0v) is 45.4. The summed E-state index contributed by atoms with van der Waals surface area (Å²) in [5, 5.41) is 21.0. The van der Waals surface area contributed by atoms with Crippen molar-refractivity contribution in [2.75, 3.05) is 72.4 Å². The Kier molecular flexibility index (Phi) is 18.3. The van der Waals surface area contributed by atoms with Crippen LogP contribution in [-0.2, 0) is 46.5 Å². The lowest BCUT2D eigenvalue weighted by Crippen LogP contribution is -2.57. The maximum absolute atomic E-state index is 15.5. The fraction of sp³-hybridized carbons (Fsp3) is 0.474. The van der Waals surface area contributed by atoms with Gasteiger partial charge < -0.3 is 39.8 Å². The van der Waals surface area contributed by atoms with Gasteiger partial charge in [0, 0.05) is 81.5 Å². The number of β-amino-alcohol motifs (C(OH)–C–C–N with tert-alkyl or cyclic N) is 1. The van der Waals surface area contributed by atoms with Crippen molar-refractivity contribution in [3.8, 4) is 32.8 Å². The van der Waals surface area contributed by atoms with E-state index >= 15 is 8.78 Å². The molecule has 78 heavy (non-hydrogen) atoms. The van der Waals surface area contributed by atoms with Gasteiger partial charge in [-0.15, -0.1) is 11.3 Å². The number of ether oxygens (including phenoxy) is 3. The van der Waals surface area contributed by atoms with Gasteiger partial charge in [-0.1, -0.05) is 57.2 Å². The van der Waals surface area contributed by atoms with Crippen LogP contribution in [0.2, 0.25) is 0 Å². The summed E-state index contributed by atoms with van der Waals surface area (Å²) in [6.45, 7) is 12.0. The quantitative estimate of drug-likeness (QED) is 0.0701. The Morgan fingerprint density at radius 2 is 1.60 bits per heavy atom. The first kappa shape index (κ1) is 56.1. The minimum atomic E-state index is -0.961. The predicted octanol–water partition coefficient (Wildman–Crippen LogP) is 6.49. The number of nitrogens with one attached hydrogen (secondary N) is 2. The molecule has 6 aromatic rings. The van der Waals surface area contributed by atoms with Crippen LogP contribution >= 0.6 is 11.3 Å². The van der Waals surface area contributed by atoms with E-state index in [0.717, 1.165) is 27.3 Å². The van der Waals surface area contributed by atoms with Crippen LogP contribution in [-0.4, -0.2) is 159 Å². The third-order valence-electron chi connectivity index (χ3n) is 14.6. The topological polar surface area (TPSA) is 206 Å². The van der Waals surface area contributed by atoms with Crippen molar-refractivity contribution in [1.82, 2.24) is 50.1 Å². The first-order valence-corrected chi connectivity index (χ1v) is 27.5. The Hall–Kier alpha value is -6.62. The van der Waals surface area contributed by atoms with Crippen molar-refractivity contribution < 1.29 is 47.3 Å². The van der Waals surface area contributed by atoms with Crippen molar-refractivity contribution in [3.05, 3.63) is 107 Å². The number of aryl methyl sites for hydroxylation is 1. The number of likely N-dealkylation sites (tertiary alicyclic amines) is 2. The summed E-state index contributed by atoms with van der Waals surface area (Å²) in [6.07, 6.45) is 6.12. The molecule has 0 bridgehead atoms. The fourth-order valence-electron chi connectivity index (χ4n) is 10.2. The molecule has 3 atom stereocenters. The standard InChI is InChI=1S/C57H68F2N10O8S/c1-36-53(78-35-62-36)38-10-8-37(9-11-38)29-61-55(73)49-28-42(70)33-68(49)56(74)54(57(2,3)4)65-50(71)14-20-75-24-25-76-21-15-51(72)67-16-12-41(13-17-67)69-32-40(30-63-69)48-31-60-47-7-5-6-43(52(47)64-48)39-26-45(58)44(46(59)27-39)34-66-18-22-77-23-19-66/h5-11,26-27,30-32,35,41-42,49,54,70H,12-25,28-29,33-34H2,1-4H3,(H,61,73)(H,65,71)/t42-,49+,54-/m1/s1. The molecule has 0 saturated carbocycles. The Balaban J connectivity index is 0.672. The van der Waals surface area contributed by atoms with Crippen molar-refractivity contribution in [2.24, 2.45) is 5.41 Å². The monoisotopic (exact) mass is 1090 g/mol. The van der Waals surface area contributed by atoms with Crippen LogP contribution in [0.5, 0.6) is 0 Å². The average molecular weight is 1090 g/mol. The first-order chi connectivity index (χ1) is 37.6. The van der Waals surface area contributed by atoms with E-state index in [0.29, 0.717) is 80.1 Å². The third-order valence-corrected chi connectivity index (χ3v) is 15.6. The van der Waals surface area contributed by atoms with Gasteiger partial charge in [-0.25, -0.2) is 18.7 Å². The van der Waals surface area contributed by atoms with Gasteiger partial charge in [0.2, 0.25) is 23.6 Å². The summed E-state index contributed by atoms with van der Waals surface area (Å²) in [6, 6.07) is 14.2. The molecule has 3 aliphatic rings. The minimum Gasteiger partial charge on any atom is -0.391 e. The molecule has 3 aromatic carbocycles. The molecule has 3 fully saturated rings. The Labute approximate surface area is 456 Å². The molecular weight excluding hydrogens is 1020 g/mol. The van der Waals surface area contributed by atoms with Crippen LogP contribution in [0.4, 0.5) is 8.78 Å².